The van der Waals surface area contributed by atoms with Crippen molar-refractivity contribution in [2.45, 2.75) is 30.8 Å². The van der Waals surface area contributed by atoms with Crippen LogP contribution < -0.4 is 33.6 Å². The first-order valence-corrected chi connectivity index (χ1v) is 15.7. The van der Waals surface area contributed by atoms with Gasteiger partial charge in [-0.05, 0) is 77.9 Å². The van der Waals surface area contributed by atoms with Crippen LogP contribution in [0, 0.1) is 6.92 Å². The number of sulfonamides is 1. The minimum atomic E-state index is -4.13. The number of carbonyl (C=O) groups excluding carboxylic acids is 2. The van der Waals surface area contributed by atoms with E-state index in [9.17, 15) is 23.1 Å². The maximum Gasteiger partial charge on any atom is 1.00 e. The topological polar surface area (TPSA) is 120 Å². The maximum absolute atomic E-state index is 14.2. The van der Waals surface area contributed by atoms with E-state index >= 15 is 0 Å². The Hall–Kier alpha value is -3.55. The van der Waals surface area contributed by atoms with Gasteiger partial charge < -0.3 is 15.2 Å². The largest absolute Gasteiger partial charge is 1.00 e. The molecule has 0 aliphatic heterocycles. The van der Waals surface area contributed by atoms with Crippen LogP contribution in [0.2, 0.25) is 0 Å². The van der Waals surface area contributed by atoms with E-state index in [4.69, 9.17) is 0 Å². The number of pyridine rings is 1. The Labute approximate surface area is 262 Å². The predicted octanol–water partition coefficient (Wildman–Crippen LogP) is 1.06. The van der Waals surface area contributed by atoms with Crippen molar-refractivity contribution < 1.29 is 42.0 Å². The second-order valence-electron chi connectivity index (χ2n) is 9.36. The number of nitrogens with one attached hydrogen (secondary N) is 1. The zero-order chi connectivity index (χ0) is 29.4. The zero-order valence-electron chi connectivity index (χ0n) is 23.7. The van der Waals surface area contributed by atoms with Crippen LogP contribution in [0.25, 0.3) is 11.1 Å². The molecule has 4 rings (SSSR count). The molecule has 3 aromatic carbocycles. The fraction of sp³-hybridized carbons (Fsp3) is 0.194. The number of hydrogen-bond acceptors (Lipinski definition) is 7. The predicted molar refractivity (Wildman–Crippen MR) is 160 cm³/mol. The monoisotopic (exact) mass is 595 g/mol. The molecule has 1 N–H and O–H groups in total. The van der Waals surface area contributed by atoms with E-state index in [0.717, 1.165) is 11.1 Å². The zero-order valence-corrected chi connectivity index (χ0v) is 25.3. The molecule has 212 valence electrons. The number of aryl methyl sites for hydroxylation is 1. The summed E-state index contributed by atoms with van der Waals surface area (Å²) in [7, 11) is -4.13. The third kappa shape index (κ3) is 7.84. The van der Waals surface area contributed by atoms with E-state index in [-0.39, 0.29) is 42.3 Å². The van der Waals surface area contributed by atoms with Crippen LogP contribution in [0.5, 0.6) is 0 Å². The van der Waals surface area contributed by atoms with Gasteiger partial charge in [-0.2, -0.15) is 11.8 Å². The van der Waals surface area contributed by atoms with E-state index in [1.54, 1.807) is 30.5 Å². The van der Waals surface area contributed by atoms with Gasteiger partial charge in [-0.3, -0.25) is 14.1 Å². The van der Waals surface area contributed by atoms with Crippen molar-refractivity contribution in [3.63, 3.8) is 0 Å². The van der Waals surface area contributed by atoms with Crippen LogP contribution in [0.4, 0.5) is 5.69 Å². The Morgan fingerprint density at radius 3 is 2.33 bits per heavy atom. The Morgan fingerprint density at radius 2 is 1.69 bits per heavy atom. The van der Waals surface area contributed by atoms with E-state index in [0.29, 0.717) is 22.6 Å². The number of hydrogen-bond donors (Lipinski definition) is 1. The number of aliphatic carboxylic acids is 1. The van der Waals surface area contributed by atoms with Crippen molar-refractivity contribution in [2.75, 3.05) is 16.3 Å². The van der Waals surface area contributed by atoms with E-state index in [1.165, 1.54) is 40.5 Å². The van der Waals surface area contributed by atoms with E-state index < -0.39 is 27.9 Å². The number of nitrogens with zero attached hydrogens (tertiary/aromatic N) is 2. The molecule has 0 aliphatic rings. The molecule has 0 fully saturated rings. The van der Waals surface area contributed by atoms with Gasteiger partial charge in [-0.1, -0.05) is 54.6 Å². The van der Waals surface area contributed by atoms with Crippen molar-refractivity contribution in [3.05, 3.63) is 114 Å². The second kappa shape index (κ2) is 15.1. The molecule has 42 heavy (non-hydrogen) atoms. The summed E-state index contributed by atoms with van der Waals surface area (Å²) in [4.78, 5) is 29.2. The molecule has 1 amide bonds. The minimum Gasteiger partial charge on any atom is -0.548 e. The molecule has 1 unspecified atom stereocenters. The first-order valence-electron chi connectivity index (χ1n) is 12.9. The molecule has 0 aliphatic carbocycles. The molecule has 1 aromatic heterocycles. The number of anilines is 1. The number of carboxylic acid groups (broad SMARTS) is 1. The molecule has 0 spiro atoms. The molecule has 11 heteroatoms. The third-order valence-electron chi connectivity index (χ3n) is 6.56. The van der Waals surface area contributed by atoms with Crippen LogP contribution in [0.15, 0.2) is 102 Å². The first-order chi connectivity index (χ1) is 19.7. The Balaban J connectivity index is 0.00000484. The summed E-state index contributed by atoms with van der Waals surface area (Å²) in [6, 6.07) is 22.9. The normalized spacial score (nSPS) is 11.7. The van der Waals surface area contributed by atoms with Crippen molar-refractivity contribution >= 4 is 39.3 Å². The van der Waals surface area contributed by atoms with Crippen molar-refractivity contribution in [1.29, 1.82) is 0 Å². The first kappa shape index (κ1) is 33.0. The standard InChI is InChI=1S/C31H31N3O5S2.Li/c1-22-9-6-7-13-26(22)28-19-25(14-15-27(28)30(35)33-29(31(36)37)16-18-40-2)41(38,39)34(24-12-8-17-32-20-24)21-23-10-4-3-5-11-23;/h3-15,17,19-20,29H,16,18,21H2,1-2H3,(H,33,35)(H,36,37);/q;+1/p-1. The number of carboxylic acids is 1. The molecule has 0 bridgehead atoms. The van der Waals surface area contributed by atoms with E-state index in [2.05, 4.69) is 10.3 Å². The quantitative estimate of drug-likeness (QED) is 0.243. The van der Waals surface area contributed by atoms with Crippen LogP contribution in [0.3, 0.4) is 0 Å². The van der Waals surface area contributed by atoms with Crippen molar-refractivity contribution in [1.82, 2.24) is 10.3 Å². The molecular weight excluding hydrogens is 565 g/mol. The van der Waals surface area contributed by atoms with Gasteiger partial charge in [0.05, 0.1) is 35.3 Å². The van der Waals surface area contributed by atoms with Gasteiger partial charge in [0.2, 0.25) is 0 Å². The van der Waals surface area contributed by atoms with Gasteiger partial charge in [0.25, 0.3) is 15.9 Å². The van der Waals surface area contributed by atoms with Crippen LogP contribution in [0.1, 0.15) is 27.9 Å². The summed E-state index contributed by atoms with van der Waals surface area (Å²) in [5, 5.41) is 14.3. The number of thioether (sulfide) groups is 1. The van der Waals surface area contributed by atoms with Gasteiger partial charge in [0.15, 0.2) is 0 Å². The smallest absolute Gasteiger partial charge is 0.548 e. The van der Waals surface area contributed by atoms with Gasteiger partial charge in [-0.25, -0.2) is 8.42 Å². The number of benzene rings is 3. The molecule has 0 radical (unpaired) electrons. The van der Waals surface area contributed by atoms with Crippen molar-refractivity contribution in [2.24, 2.45) is 0 Å². The number of rotatable bonds is 12. The van der Waals surface area contributed by atoms with Crippen LogP contribution in [-0.2, 0) is 21.4 Å². The van der Waals surface area contributed by atoms with Gasteiger partial charge in [-0.15, -0.1) is 0 Å². The van der Waals surface area contributed by atoms with Crippen LogP contribution in [-0.4, -0.2) is 43.3 Å². The van der Waals surface area contributed by atoms with Crippen LogP contribution >= 0.6 is 11.8 Å². The second-order valence-corrected chi connectivity index (χ2v) is 12.2. The average Bonchev–Trinajstić information content (AvgIpc) is 2.98. The molecular formula is C31H30LiN3O5S2. The number of amides is 1. The summed E-state index contributed by atoms with van der Waals surface area (Å²) < 4.78 is 29.6. The Kier molecular flexibility index (Phi) is 11.8. The number of carbonyl (C=O) groups is 2. The summed E-state index contributed by atoms with van der Waals surface area (Å²) >= 11 is 1.46. The van der Waals surface area contributed by atoms with Gasteiger partial charge in [0.1, 0.15) is 0 Å². The Bertz CT molecular complexity index is 1620. The third-order valence-corrected chi connectivity index (χ3v) is 8.98. The average molecular weight is 596 g/mol. The fourth-order valence-corrected chi connectivity index (χ4v) is 6.33. The summed E-state index contributed by atoms with van der Waals surface area (Å²) in [5.74, 6) is -1.49. The minimum absolute atomic E-state index is 0. The molecule has 8 nitrogen and oxygen atoms in total. The molecule has 0 saturated heterocycles. The SMILES string of the molecule is CSCCC(NC(=O)c1ccc(S(=O)(=O)N(Cc2ccccc2)c2cccnc2)cc1-c1ccccc1C)C(=O)[O-].[Li+]. The summed E-state index contributed by atoms with van der Waals surface area (Å²) in [6.07, 6.45) is 5.09. The molecule has 1 atom stereocenters. The molecule has 1 heterocycles. The van der Waals surface area contributed by atoms with E-state index in [1.807, 2.05) is 55.6 Å². The summed E-state index contributed by atoms with van der Waals surface area (Å²) in [5.41, 5.74) is 3.18. The molecule has 4 aromatic rings. The Morgan fingerprint density at radius 1 is 0.976 bits per heavy atom. The van der Waals surface area contributed by atoms with Gasteiger partial charge in [0, 0.05) is 11.8 Å². The number of aromatic nitrogens is 1. The maximum atomic E-state index is 14.2. The molecule has 0 saturated carbocycles. The summed E-state index contributed by atoms with van der Waals surface area (Å²) in [6.45, 7) is 1.93. The van der Waals surface area contributed by atoms with Gasteiger partial charge >= 0.3 is 18.9 Å². The van der Waals surface area contributed by atoms with Crippen molar-refractivity contribution in [3.8, 4) is 11.1 Å². The fourth-order valence-electron chi connectivity index (χ4n) is 4.39.